The Bertz CT molecular complexity index is 766. The molecule has 0 unspecified atom stereocenters. The number of carbonyl (C=O) groups is 1. The van der Waals surface area contributed by atoms with E-state index < -0.39 is 16.0 Å². The molecule has 1 heterocycles. The number of carboxylic acids is 1. The maximum Gasteiger partial charge on any atom is 0.339 e. The van der Waals surface area contributed by atoms with E-state index in [9.17, 15) is 13.2 Å². The number of aromatic amines is 1. The second-order valence-corrected chi connectivity index (χ2v) is 5.56. The fourth-order valence-corrected chi connectivity index (χ4v) is 2.04. The quantitative estimate of drug-likeness (QED) is 0.765. The summed E-state index contributed by atoms with van der Waals surface area (Å²) in [5.74, 6) is -1.19. The molecule has 0 atom stereocenters. The SMILES string of the molecule is Cc1cc(Oc2ccc(S(N)(=O)=O)cc2C(=O)O)n[nH]1. The van der Waals surface area contributed by atoms with Gasteiger partial charge in [-0.15, -0.1) is 5.10 Å². The molecule has 2 aromatic rings. The van der Waals surface area contributed by atoms with Crippen LogP contribution in [-0.4, -0.2) is 29.7 Å². The summed E-state index contributed by atoms with van der Waals surface area (Å²) in [7, 11) is -3.99. The van der Waals surface area contributed by atoms with Gasteiger partial charge in [-0.2, -0.15) is 0 Å². The summed E-state index contributed by atoms with van der Waals surface area (Å²) in [4.78, 5) is 10.8. The molecule has 106 valence electrons. The van der Waals surface area contributed by atoms with Crippen molar-refractivity contribution in [2.75, 3.05) is 0 Å². The number of aryl methyl sites for hydroxylation is 1. The van der Waals surface area contributed by atoms with Gasteiger partial charge >= 0.3 is 5.97 Å². The lowest BCUT2D eigenvalue weighted by Crippen LogP contribution is -2.13. The highest BCUT2D eigenvalue weighted by Gasteiger charge is 2.18. The Kier molecular flexibility index (Phi) is 3.47. The van der Waals surface area contributed by atoms with E-state index in [0.717, 1.165) is 17.8 Å². The molecule has 1 aromatic heterocycles. The molecule has 0 saturated heterocycles. The lowest BCUT2D eigenvalue weighted by atomic mass is 10.2. The molecule has 0 aliphatic heterocycles. The zero-order valence-electron chi connectivity index (χ0n) is 10.3. The van der Waals surface area contributed by atoms with Gasteiger partial charge in [0, 0.05) is 11.8 Å². The second-order valence-electron chi connectivity index (χ2n) is 4.00. The molecule has 0 aliphatic rings. The third-order valence-corrected chi connectivity index (χ3v) is 3.32. The van der Waals surface area contributed by atoms with Crippen molar-refractivity contribution in [3.8, 4) is 11.6 Å². The van der Waals surface area contributed by atoms with Crippen LogP contribution in [0.2, 0.25) is 0 Å². The van der Waals surface area contributed by atoms with Crippen LogP contribution in [0.15, 0.2) is 29.2 Å². The Morgan fingerprint density at radius 1 is 1.40 bits per heavy atom. The number of aromatic carboxylic acids is 1. The van der Waals surface area contributed by atoms with Crippen LogP contribution in [0.1, 0.15) is 16.1 Å². The third kappa shape index (κ3) is 2.95. The number of rotatable bonds is 4. The maximum absolute atomic E-state index is 11.2. The summed E-state index contributed by atoms with van der Waals surface area (Å²) in [6.07, 6.45) is 0. The minimum absolute atomic E-state index is 0.0311. The number of sulfonamides is 1. The number of H-pyrrole nitrogens is 1. The Hall–Kier alpha value is -2.39. The molecule has 2 rings (SSSR count). The van der Waals surface area contributed by atoms with Gasteiger partial charge in [0.05, 0.1) is 4.90 Å². The van der Waals surface area contributed by atoms with Gasteiger partial charge in [-0.25, -0.2) is 18.4 Å². The first-order valence-electron chi connectivity index (χ1n) is 5.37. The van der Waals surface area contributed by atoms with E-state index >= 15 is 0 Å². The van der Waals surface area contributed by atoms with Crippen LogP contribution in [0.25, 0.3) is 0 Å². The molecule has 9 heteroatoms. The Morgan fingerprint density at radius 2 is 2.10 bits per heavy atom. The van der Waals surface area contributed by atoms with E-state index in [2.05, 4.69) is 10.2 Å². The average molecular weight is 297 g/mol. The molecule has 8 nitrogen and oxygen atoms in total. The number of nitrogens with one attached hydrogen (secondary N) is 1. The van der Waals surface area contributed by atoms with Crippen molar-refractivity contribution in [3.05, 3.63) is 35.5 Å². The number of carboxylic acid groups (broad SMARTS) is 1. The van der Waals surface area contributed by atoms with E-state index in [1.165, 1.54) is 6.07 Å². The fourth-order valence-electron chi connectivity index (χ4n) is 1.50. The second kappa shape index (κ2) is 4.94. The highest BCUT2D eigenvalue weighted by atomic mass is 32.2. The predicted molar refractivity (Wildman–Crippen MR) is 68.2 cm³/mol. The zero-order chi connectivity index (χ0) is 14.9. The normalized spacial score (nSPS) is 11.3. The van der Waals surface area contributed by atoms with Gasteiger partial charge < -0.3 is 9.84 Å². The van der Waals surface area contributed by atoms with Crippen LogP contribution in [0.3, 0.4) is 0 Å². The van der Waals surface area contributed by atoms with Crippen molar-refractivity contribution in [1.29, 1.82) is 0 Å². The molecular formula is C11H11N3O5S. The third-order valence-electron chi connectivity index (χ3n) is 2.41. The van der Waals surface area contributed by atoms with E-state index in [-0.39, 0.29) is 22.1 Å². The van der Waals surface area contributed by atoms with Gasteiger partial charge in [-0.1, -0.05) is 0 Å². The summed E-state index contributed by atoms with van der Waals surface area (Å²) >= 11 is 0. The van der Waals surface area contributed by atoms with Gasteiger partial charge in [0.15, 0.2) is 0 Å². The maximum atomic E-state index is 11.2. The minimum atomic E-state index is -3.99. The highest BCUT2D eigenvalue weighted by Crippen LogP contribution is 2.26. The van der Waals surface area contributed by atoms with E-state index in [1.54, 1.807) is 13.0 Å². The van der Waals surface area contributed by atoms with E-state index in [1.807, 2.05) is 0 Å². The number of nitrogens with two attached hydrogens (primary N) is 1. The standard InChI is InChI=1S/C11H11N3O5S/c1-6-4-10(14-13-6)19-9-3-2-7(20(12,17)18)5-8(9)11(15)16/h2-5H,1H3,(H,13,14)(H,15,16)(H2,12,17,18). The topological polar surface area (TPSA) is 135 Å². The van der Waals surface area contributed by atoms with Crippen LogP contribution in [-0.2, 0) is 10.0 Å². The molecule has 0 bridgehead atoms. The van der Waals surface area contributed by atoms with Crippen LogP contribution in [0.4, 0.5) is 0 Å². The number of primary sulfonamides is 1. The lowest BCUT2D eigenvalue weighted by Gasteiger charge is -2.07. The highest BCUT2D eigenvalue weighted by molar-refractivity contribution is 7.89. The summed E-state index contributed by atoms with van der Waals surface area (Å²) in [5.41, 5.74) is 0.412. The number of nitrogens with zero attached hydrogens (tertiary/aromatic N) is 1. The smallest absolute Gasteiger partial charge is 0.339 e. The van der Waals surface area contributed by atoms with Gasteiger partial charge in [-0.3, -0.25) is 5.10 Å². The van der Waals surface area contributed by atoms with E-state index in [4.69, 9.17) is 15.0 Å². The van der Waals surface area contributed by atoms with Crippen LogP contribution in [0, 0.1) is 6.92 Å². The lowest BCUT2D eigenvalue weighted by molar-refractivity contribution is 0.0694. The summed E-state index contributed by atoms with van der Waals surface area (Å²) in [5, 5.41) is 20.5. The molecule has 0 radical (unpaired) electrons. The molecule has 0 saturated carbocycles. The van der Waals surface area contributed by atoms with Crippen molar-refractivity contribution in [2.45, 2.75) is 11.8 Å². The molecule has 1 aromatic carbocycles. The largest absolute Gasteiger partial charge is 0.478 e. The number of hydrogen-bond donors (Lipinski definition) is 3. The first-order chi connectivity index (χ1) is 9.27. The summed E-state index contributed by atoms with van der Waals surface area (Å²) in [6, 6.07) is 4.88. The van der Waals surface area contributed by atoms with Gasteiger partial charge in [-0.05, 0) is 25.1 Å². The first-order valence-corrected chi connectivity index (χ1v) is 6.92. The summed E-state index contributed by atoms with van der Waals surface area (Å²) < 4.78 is 27.7. The average Bonchev–Trinajstić information content (AvgIpc) is 2.73. The Labute approximate surface area is 114 Å². The Balaban J connectivity index is 2.45. The molecule has 0 fully saturated rings. The molecule has 0 amide bonds. The van der Waals surface area contributed by atoms with Crippen molar-refractivity contribution < 1.29 is 23.1 Å². The molecule has 0 spiro atoms. The minimum Gasteiger partial charge on any atom is -0.478 e. The van der Waals surface area contributed by atoms with E-state index in [0.29, 0.717) is 0 Å². The molecule has 4 N–H and O–H groups in total. The number of aromatic nitrogens is 2. The molecular weight excluding hydrogens is 286 g/mol. The van der Waals surface area contributed by atoms with Crippen LogP contribution in [0.5, 0.6) is 11.6 Å². The van der Waals surface area contributed by atoms with Crippen molar-refractivity contribution in [2.24, 2.45) is 5.14 Å². The van der Waals surface area contributed by atoms with Crippen LogP contribution >= 0.6 is 0 Å². The van der Waals surface area contributed by atoms with Crippen molar-refractivity contribution in [1.82, 2.24) is 10.2 Å². The van der Waals surface area contributed by atoms with Crippen molar-refractivity contribution >= 4 is 16.0 Å². The summed E-state index contributed by atoms with van der Waals surface area (Å²) in [6.45, 7) is 1.75. The number of benzene rings is 1. The van der Waals surface area contributed by atoms with Gasteiger partial charge in [0.25, 0.3) is 0 Å². The van der Waals surface area contributed by atoms with Gasteiger partial charge in [0.2, 0.25) is 15.9 Å². The monoisotopic (exact) mass is 297 g/mol. The molecule has 0 aliphatic carbocycles. The van der Waals surface area contributed by atoms with Gasteiger partial charge in [0.1, 0.15) is 11.3 Å². The Morgan fingerprint density at radius 3 is 2.60 bits per heavy atom. The fraction of sp³-hybridized carbons (Fsp3) is 0.0909. The van der Waals surface area contributed by atoms with Crippen LogP contribution < -0.4 is 9.88 Å². The first kappa shape index (κ1) is 14.0. The number of ether oxygens (including phenoxy) is 1. The predicted octanol–water partition coefficient (Wildman–Crippen LogP) is 0.856. The molecule has 20 heavy (non-hydrogen) atoms. The van der Waals surface area contributed by atoms with Crippen molar-refractivity contribution in [3.63, 3.8) is 0 Å². The zero-order valence-corrected chi connectivity index (χ0v) is 11.1. The number of hydrogen-bond acceptors (Lipinski definition) is 5.